The minimum Gasteiger partial charge on any atom is -0.493 e. The third kappa shape index (κ3) is 6.25. The molecule has 27 heavy (non-hydrogen) atoms. The van der Waals surface area contributed by atoms with E-state index in [1.807, 2.05) is 25.1 Å². The van der Waals surface area contributed by atoms with E-state index in [9.17, 15) is 4.79 Å². The average Bonchev–Trinajstić information content (AvgIpc) is 2.66. The van der Waals surface area contributed by atoms with Crippen LogP contribution in [0, 0.1) is 12.8 Å². The SMILES string of the molecule is CCc1cccc(C)c1NC(=S)NNC(=O)c1cccc(OCC(C)C)c1. The molecule has 0 aliphatic heterocycles. The average molecular weight is 386 g/mol. The summed E-state index contributed by atoms with van der Waals surface area (Å²) in [5.41, 5.74) is 9.11. The van der Waals surface area contributed by atoms with Gasteiger partial charge in [0.1, 0.15) is 5.75 Å². The van der Waals surface area contributed by atoms with Crippen LogP contribution >= 0.6 is 12.2 Å². The Morgan fingerprint density at radius 3 is 2.59 bits per heavy atom. The molecule has 2 aromatic carbocycles. The van der Waals surface area contributed by atoms with Gasteiger partial charge in [-0.3, -0.25) is 15.6 Å². The van der Waals surface area contributed by atoms with Gasteiger partial charge in [0.25, 0.3) is 5.91 Å². The fourth-order valence-electron chi connectivity index (χ4n) is 2.52. The molecule has 0 bridgehead atoms. The van der Waals surface area contributed by atoms with Crippen molar-refractivity contribution < 1.29 is 9.53 Å². The van der Waals surface area contributed by atoms with E-state index in [1.165, 1.54) is 5.56 Å². The molecule has 144 valence electrons. The van der Waals surface area contributed by atoms with Crippen molar-refractivity contribution in [3.05, 3.63) is 59.2 Å². The molecule has 0 radical (unpaired) electrons. The van der Waals surface area contributed by atoms with Gasteiger partial charge in [-0.05, 0) is 60.8 Å². The molecule has 0 unspecified atom stereocenters. The van der Waals surface area contributed by atoms with Crippen LogP contribution in [0.15, 0.2) is 42.5 Å². The second-order valence-corrected chi connectivity index (χ2v) is 7.14. The summed E-state index contributed by atoms with van der Waals surface area (Å²) in [4.78, 5) is 12.4. The number of hydrogen-bond donors (Lipinski definition) is 3. The number of anilines is 1. The Bertz CT molecular complexity index is 806. The number of hydrogen-bond acceptors (Lipinski definition) is 3. The van der Waals surface area contributed by atoms with E-state index in [4.69, 9.17) is 17.0 Å². The quantitative estimate of drug-likeness (QED) is 0.513. The Morgan fingerprint density at radius 2 is 1.89 bits per heavy atom. The van der Waals surface area contributed by atoms with Gasteiger partial charge in [-0.25, -0.2) is 0 Å². The number of rotatable bonds is 6. The minimum absolute atomic E-state index is 0.283. The number of ether oxygens (including phenoxy) is 1. The molecule has 2 rings (SSSR count). The van der Waals surface area contributed by atoms with Crippen LogP contribution in [-0.2, 0) is 6.42 Å². The molecular weight excluding hydrogens is 358 g/mol. The molecule has 0 fully saturated rings. The Morgan fingerprint density at radius 1 is 1.15 bits per heavy atom. The molecule has 2 aromatic rings. The first-order valence-electron chi connectivity index (χ1n) is 9.09. The number of aryl methyl sites for hydroxylation is 2. The molecule has 5 nitrogen and oxygen atoms in total. The zero-order valence-corrected chi connectivity index (χ0v) is 17.1. The third-order valence-corrected chi connectivity index (χ3v) is 4.15. The Labute approximate surface area is 166 Å². The van der Waals surface area contributed by atoms with Gasteiger partial charge in [-0.15, -0.1) is 0 Å². The van der Waals surface area contributed by atoms with Crippen molar-refractivity contribution in [2.24, 2.45) is 5.92 Å². The number of carbonyl (C=O) groups is 1. The van der Waals surface area contributed by atoms with Crippen LogP contribution in [0.4, 0.5) is 5.69 Å². The van der Waals surface area contributed by atoms with Crippen molar-refractivity contribution in [1.29, 1.82) is 0 Å². The van der Waals surface area contributed by atoms with Gasteiger partial charge in [0.2, 0.25) is 0 Å². The van der Waals surface area contributed by atoms with Crippen LogP contribution in [0.2, 0.25) is 0 Å². The van der Waals surface area contributed by atoms with Gasteiger partial charge >= 0.3 is 0 Å². The summed E-state index contributed by atoms with van der Waals surface area (Å²) in [6, 6.07) is 13.2. The summed E-state index contributed by atoms with van der Waals surface area (Å²) >= 11 is 5.31. The highest BCUT2D eigenvalue weighted by Crippen LogP contribution is 2.20. The summed E-state index contributed by atoms with van der Waals surface area (Å²) < 4.78 is 5.66. The molecule has 0 saturated carbocycles. The third-order valence-electron chi connectivity index (χ3n) is 3.95. The first-order valence-corrected chi connectivity index (χ1v) is 9.50. The van der Waals surface area contributed by atoms with Crippen LogP contribution < -0.4 is 20.9 Å². The van der Waals surface area contributed by atoms with E-state index in [2.05, 4.69) is 43.0 Å². The van der Waals surface area contributed by atoms with E-state index in [1.54, 1.807) is 18.2 Å². The first kappa shape index (κ1) is 20.7. The number of para-hydroxylation sites is 1. The molecule has 0 saturated heterocycles. The monoisotopic (exact) mass is 385 g/mol. The molecule has 3 N–H and O–H groups in total. The van der Waals surface area contributed by atoms with Gasteiger partial charge in [-0.2, -0.15) is 0 Å². The number of thiocarbonyl (C=S) groups is 1. The van der Waals surface area contributed by atoms with Gasteiger partial charge in [0.15, 0.2) is 5.11 Å². The molecule has 6 heteroatoms. The zero-order chi connectivity index (χ0) is 19.8. The number of benzene rings is 2. The predicted molar refractivity (Wildman–Crippen MR) is 114 cm³/mol. The molecule has 1 amide bonds. The lowest BCUT2D eigenvalue weighted by Crippen LogP contribution is -2.44. The smallest absolute Gasteiger partial charge is 0.269 e. The summed E-state index contributed by atoms with van der Waals surface area (Å²) in [5.74, 6) is 0.807. The maximum Gasteiger partial charge on any atom is 0.269 e. The normalized spacial score (nSPS) is 10.4. The van der Waals surface area contributed by atoms with Crippen LogP contribution in [0.3, 0.4) is 0 Å². The highest BCUT2D eigenvalue weighted by Gasteiger charge is 2.09. The number of amides is 1. The Hall–Kier alpha value is -2.60. The Balaban J connectivity index is 1.94. The topological polar surface area (TPSA) is 62.4 Å². The van der Waals surface area contributed by atoms with E-state index in [-0.39, 0.29) is 5.91 Å². The highest BCUT2D eigenvalue weighted by atomic mass is 32.1. The summed E-state index contributed by atoms with van der Waals surface area (Å²) in [5, 5.41) is 3.49. The fourth-order valence-corrected chi connectivity index (χ4v) is 2.68. The standard InChI is InChI=1S/C21H27N3O2S/c1-5-16-9-6-8-15(4)19(16)22-21(27)24-23-20(25)17-10-7-11-18(12-17)26-13-14(2)3/h6-12,14H,5,13H2,1-4H3,(H,23,25)(H2,22,24,27). The molecule has 0 aliphatic rings. The lowest BCUT2D eigenvalue weighted by atomic mass is 10.1. The van der Waals surface area contributed by atoms with Gasteiger partial charge in [0.05, 0.1) is 6.61 Å². The van der Waals surface area contributed by atoms with Crippen molar-refractivity contribution in [2.45, 2.75) is 34.1 Å². The van der Waals surface area contributed by atoms with Crippen LogP contribution in [-0.4, -0.2) is 17.6 Å². The van der Waals surface area contributed by atoms with Gasteiger partial charge in [-0.1, -0.05) is 45.0 Å². The van der Waals surface area contributed by atoms with Crippen LogP contribution in [0.1, 0.15) is 42.3 Å². The van der Waals surface area contributed by atoms with Crippen molar-refractivity contribution in [1.82, 2.24) is 10.9 Å². The number of carbonyl (C=O) groups excluding carboxylic acids is 1. The molecule has 0 aromatic heterocycles. The number of hydrazine groups is 1. The second kappa shape index (κ2) is 9.92. The Kier molecular flexibility index (Phi) is 7.61. The number of nitrogens with one attached hydrogen (secondary N) is 3. The summed E-state index contributed by atoms with van der Waals surface area (Å²) in [6.07, 6.45) is 0.891. The molecule has 0 aliphatic carbocycles. The lowest BCUT2D eigenvalue weighted by molar-refractivity contribution is 0.0943. The van der Waals surface area contributed by atoms with E-state index >= 15 is 0 Å². The zero-order valence-electron chi connectivity index (χ0n) is 16.3. The van der Waals surface area contributed by atoms with E-state index in [0.29, 0.717) is 29.0 Å². The molecular formula is C21H27N3O2S. The van der Waals surface area contributed by atoms with Gasteiger partial charge in [0, 0.05) is 11.3 Å². The maximum absolute atomic E-state index is 12.4. The van der Waals surface area contributed by atoms with E-state index < -0.39 is 0 Å². The second-order valence-electron chi connectivity index (χ2n) is 6.73. The highest BCUT2D eigenvalue weighted by molar-refractivity contribution is 7.80. The minimum atomic E-state index is -0.283. The van der Waals surface area contributed by atoms with Crippen LogP contribution in [0.5, 0.6) is 5.75 Å². The molecule has 0 heterocycles. The summed E-state index contributed by atoms with van der Waals surface area (Å²) in [7, 11) is 0. The van der Waals surface area contributed by atoms with Crippen molar-refractivity contribution in [3.63, 3.8) is 0 Å². The molecule has 0 spiro atoms. The van der Waals surface area contributed by atoms with Gasteiger partial charge < -0.3 is 10.1 Å². The van der Waals surface area contributed by atoms with E-state index in [0.717, 1.165) is 17.7 Å². The van der Waals surface area contributed by atoms with Crippen LogP contribution in [0.25, 0.3) is 0 Å². The van der Waals surface area contributed by atoms with Crippen molar-refractivity contribution in [2.75, 3.05) is 11.9 Å². The van der Waals surface area contributed by atoms with Crippen molar-refractivity contribution in [3.8, 4) is 5.75 Å². The summed E-state index contributed by atoms with van der Waals surface area (Å²) in [6.45, 7) is 8.87. The molecule has 0 atom stereocenters. The first-order chi connectivity index (χ1) is 12.9. The van der Waals surface area contributed by atoms with Crippen molar-refractivity contribution >= 4 is 28.9 Å². The lowest BCUT2D eigenvalue weighted by Gasteiger charge is -2.16. The fraction of sp³-hybridized carbons (Fsp3) is 0.333. The maximum atomic E-state index is 12.4. The largest absolute Gasteiger partial charge is 0.493 e. The predicted octanol–water partition coefficient (Wildman–Crippen LogP) is 4.22.